The topological polar surface area (TPSA) is 51.8 Å². The minimum atomic E-state index is 0.00741. The summed E-state index contributed by atoms with van der Waals surface area (Å²) in [6, 6.07) is 8.65. The van der Waals surface area contributed by atoms with Crippen molar-refractivity contribution in [3.8, 4) is 0 Å². The standard InChI is InChI=1S/C17H23N3S/c1-12(2)8-14-4-6-15(7-5-14)16(18)11-21-17-19-9-13(3)10-20-17/h4-7,9-10,12,16H,8,11,18H2,1-3H3. The van der Waals surface area contributed by atoms with Crippen molar-refractivity contribution in [1.29, 1.82) is 0 Å². The molecule has 0 saturated carbocycles. The molecule has 4 heteroatoms. The van der Waals surface area contributed by atoms with E-state index in [1.807, 2.05) is 19.3 Å². The maximum absolute atomic E-state index is 6.25. The van der Waals surface area contributed by atoms with Crippen LogP contribution in [-0.2, 0) is 6.42 Å². The summed E-state index contributed by atoms with van der Waals surface area (Å²) in [5.41, 5.74) is 9.86. The van der Waals surface area contributed by atoms with Crippen LogP contribution in [0.4, 0.5) is 0 Å². The molecule has 0 bridgehead atoms. The van der Waals surface area contributed by atoms with Crippen LogP contribution in [0.15, 0.2) is 41.8 Å². The Balaban J connectivity index is 1.90. The van der Waals surface area contributed by atoms with Crippen LogP contribution in [0.2, 0.25) is 0 Å². The highest BCUT2D eigenvalue weighted by atomic mass is 32.2. The average Bonchev–Trinajstić information content (AvgIpc) is 2.46. The average molecular weight is 301 g/mol. The Labute approximate surface area is 131 Å². The molecule has 0 aliphatic rings. The number of hydrogen-bond donors (Lipinski definition) is 1. The van der Waals surface area contributed by atoms with Crippen LogP contribution >= 0.6 is 11.8 Å². The Morgan fingerprint density at radius 3 is 2.29 bits per heavy atom. The molecule has 1 aromatic carbocycles. The third-order valence-electron chi connectivity index (χ3n) is 3.20. The van der Waals surface area contributed by atoms with E-state index in [0.29, 0.717) is 5.92 Å². The number of nitrogens with zero attached hydrogens (tertiary/aromatic N) is 2. The lowest BCUT2D eigenvalue weighted by atomic mass is 10.0. The van der Waals surface area contributed by atoms with Gasteiger partial charge >= 0.3 is 0 Å². The van der Waals surface area contributed by atoms with Gasteiger partial charge in [0.2, 0.25) is 0 Å². The second-order valence-corrected chi connectivity index (χ2v) is 6.79. The van der Waals surface area contributed by atoms with Gasteiger partial charge in [-0.2, -0.15) is 0 Å². The maximum atomic E-state index is 6.25. The second-order valence-electron chi connectivity index (χ2n) is 5.80. The molecule has 2 rings (SSSR count). The lowest BCUT2D eigenvalue weighted by Gasteiger charge is -2.12. The molecule has 1 heterocycles. The lowest BCUT2D eigenvalue weighted by molar-refractivity contribution is 0.647. The van der Waals surface area contributed by atoms with Gasteiger partial charge in [0.25, 0.3) is 0 Å². The van der Waals surface area contributed by atoms with Crippen molar-refractivity contribution in [2.24, 2.45) is 11.7 Å². The molecule has 0 fully saturated rings. The van der Waals surface area contributed by atoms with Crippen molar-refractivity contribution < 1.29 is 0 Å². The van der Waals surface area contributed by atoms with Gasteiger partial charge in [0.05, 0.1) is 0 Å². The zero-order chi connectivity index (χ0) is 15.2. The highest BCUT2D eigenvalue weighted by molar-refractivity contribution is 7.99. The number of thioether (sulfide) groups is 1. The fraction of sp³-hybridized carbons (Fsp3) is 0.412. The van der Waals surface area contributed by atoms with Gasteiger partial charge in [-0.1, -0.05) is 49.9 Å². The van der Waals surface area contributed by atoms with Crippen molar-refractivity contribution in [3.05, 3.63) is 53.3 Å². The molecule has 0 spiro atoms. The predicted molar refractivity (Wildman–Crippen MR) is 89.4 cm³/mol. The van der Waals surface area contributed by atoms with Gasteiger partial charge in [0.1, 0.15) is 0 Å². The highest BCUT2D eigenvalue weighted by Gasteiger charge is 2.08. The molecule has 1 atom stereocenters. The number of aryl methyl sites for hydroxylation is 1. The van der Waals surface area contributed by atoms with Crippen LogP contribution < -0.4 is 5.73 Å². The fourth-order valence-corrected chi connectivity index (χ4v) is 2.86. The quantitative estimate of drug-likeness (QED) is 0.652. The van der Waals surface area contributed by atoms with Crippen molar-refractivity contribution >= 4 is 11.8 Å². The van der Waals surface area contributed by atoms with E-state index in [1.165, 1.54) is 11.1 Å². The monoisotopic (exact) mass is 301 g/mol. The number of nitrogens with two attached hydrogens (primary N) is 1. The third-order valence-corrected chi connectivity index (χ3v) is 4.20. The molecule has 0 radical (unpaired) electrons. The van der Waals surface area contributed by atoms with Crippen LogP contribution in [0.1, 0.15) is 36.6 Å². The highest BCUT2D eigenvalue weighted by Crippen LogP contribution is 2.21. The number of benzene rings is 1. The maximum Gasteiger partial charge on any atom is 0.187 e. The smallest absolute Gasteiger partial charge is 0.187 e. The van der Waals surface area contributed by atoms with Crippen LogP contribution in [-0.4, -0.2) is 15.7 Å². The van der Waals surface area contributed by atoms with E-state index >= 15 is 0 Å². The van der Waals surface area contributed by atoms with Gasteiger partial charge in [-0.3, -0.25) is 0 Å². The minimum absolute atomic E-state index is 0.00741. The largest absolute Gasteiger partial charge is 0.323 e. The summed E-state index contributed by atoms with van der Waals surface area (Å²) in [6.45, 7) is 6.45. The Bertz CT molecular complexity index is 549. The molecule has 2 aromatic rings. The Morgan fingerprint density at radius 1 is 1.10 bits per heavy atom. The fourth-order valence-electron chi connectivity index (χ4n) is 2.09. The van der Waals surface area contributed by atoms with Crippen LogP contribution in [0, 0.1) is 12.8 Å². The first-order chi connectivity index (χ1) is 10.0. The molecule has 1 aromatic heterocycles. The van der Waals surface area contributed by atoms with E-state index in [0.717, 1.165) is 22.9 Å². The normalized spacial score (nSPS) is 12.6. The van der Waals surface area contributed by atoms with E-state index in [9.17, 15) is 0 Å². The molecule has 3 nitrogen and oxygen atoms in total. The van der Waals surface area contributed by atoms with E-state index in [-0.39, 0.29) is 6.04 Å². The van der Waals surface area contributed by atoms with E-state index in [2.05, 4.69) is 48.1 Å². The molecule has 112 valence electrons. The molecule has 1 unspecified atom stereocenters. The van der Waals surface area contributed by atoms with Crippen LogP contribution in [0.25, 0.3) is 0 Å². The zero-order valence-corrected chi connectivity index (χ0v) is 13.7. The van der Waals surface area contributed by atoms with Crippen LogP contribution in [0.3, 0.4) is 0 Å². The molecule has 21 heavy (non-hydrogen) atoms. The predicted octanol–water partition coefficient (Wildman–Crippen LogP) is 3.78. The third kappa shape index (κ3) is 5.14. The SMILES string of the molecule is Cc1cnc(SCC(N)c2ccc(CC(C)C)cc2)nc1. The van der Waals surface area contributed by atoms with E-state index in [4.69, 9.17) is 5.73 Å². The van der Waals surface area contributed by atoms with E-state index < -0.39 is 0 Å². The summed E-state index contributed by atoms with van der Waals surface area (Å²) in [5, 5.41) is 0.785. The molecule has 0 saturated heterocycles. The summed E-state index contributed by atoms with van der Waals surface area (Å²) < 4.78 is 0. The Hall–Kier alpha value is -1.39. The van der Waals surface area contributed by atoms with Gasteiger partial charge < -0.3 is 5.73 Å². The lowest BCUT2D eigenvalue weighted by Crippen LogP contribution is -2.13. The van der Waals surface area contributed by atoms with Crippen molar-refractivity contribution in [1.82, 2.24) is 9.97 Å². The number of hydrogen-bond acceptors (Lipinski definition) is 4. The molecular formula is C17H23N3S. The van der Waals surface area contributed by atoms with Gasteiger partial charge in [-0.15, -0.1) is 0 Å². The van der Waals surface area contributed by atoms with Crippen LogP contribution in [0.5, 0.6) is 0 Å². The first-order valence-corrected chi connectivity index (χ1v) is 8.29. The van der Waals surface area contributed by atoms with Crippen molar-refractivity contribution in [2.75, 3.05) is 5.75 Å². The molecule has 2 N–H and O–H groups in total. The van der Waals surface area contributed by atoms with Gasteiger partial charge in [0, 0.05) is 24.2 Å². The molecule has 0 aliphatic carbocycles. The van der Waals surface area contributed by atoms with Crippen molar-refractivity contribution in [3.63, 3.8) is 0 Å². The van der Waals surface area contributed by atoms with Gasteiger partial charge in [-0.05, 0) is 36.0 Å². The molecule has 0 amide bonds. The van der Waals surface area contributed by atoms with Gasteiger partial charge in [0.15, 0.2) is 5.16 Å². The summed E-state index contributed by atoms with van der Waals surface area (Å²) >= 11 is 1.60. The second kappa shape index (κ2) is 7.57. The first kappa shape index (κ1) is 16.0. The molecule has 0 aliphatic heterocycles. The minimum Gasteiger partial charge on any atom is -0.323 e. The Morgan fingerprint density at radius 2 is 1.71 bits per heavy atom. The Kier molecular flexibility index (Phi) is 5.76. The summed E-state index contributed by atoms with van der Waals surface area (Å²) in [6.07, 6.45) is 4.78. The van der Waals surface area contributed by atoms with Gasteiger partial charge in [-0.25, -0.2) is 9.97 Å². The number of aromatic nitrogens is 2. The molecular weight excluding hydrogens is 278 g/mol. The van der Waals surface area contributed by atoms with Crippen molar-refractivity contribution in [2.45, 2.75) is 38.4 Å². The zero-order valence-electron chi connectivity index (χ0n) is 12.9. The summed E-state index contributed by atoms with van der Waals surface area (Å²) in [5.74, 6) is 1.46. The first-order valence-electron chi connectivity index (χ1n) is 7.30. The van der Waals surface area contributed by atoms with E-state index in [1.54, 1.807) is 11.8 Å². The summed E-state index contributed by atoms with van der Waals surface area (Å²) in [7, 11) is 0. The summed E-state index contributed by atoms with van der Waals surface area (Å²) in [4.78, 5) is 8.57. The number of rotatable bonds is 6.